The van der Waals surface area contributed by atoms with Crippen molar-refractivity contribution in [3.63, 3.8) is 0 Å². The molecule has 0 radical (unpaired) electrons. The summed E-state index contributed by atoms with van der Waals surface area (Å²) in [6.45, 7) is 1.92. The number of nitrogens with zero attached hydrogens (tertiary/aromatic N) is 1. The van der Waals surface area contributed by atoms with Crippen LogP contribution in [0.15, 0.2) is 60.8 Å². The molecule has 4 rings (SSSR count). The number of nitrogens with one attached hydrogen (secondary N) is 1. The maximum absolute atomic E-state index is 12.9. The lowest BCUT2D eigenvalue weighted by Gasteiger charge is -2.14. The minimum Gasteiger partial charge on any atom is -0.494 e. The number of fused-ring (bicyclic) bond motifs is 1. The van der Waals surface area contributed by atoms with E-state index >= 15 is 0 Å². The summed E-state index contributed by atoms with van der Waals surface area (Å²) in [6, 6.07) is 13.9. The molecule has 0 saturated heterocycles. The van der Waals surface area contributed by atoms with Crippen LogP contribution in [0, 0.1) is 0 Å². The van der Waals surface area contributed by atoms with Gasteiger partial charge in [-0.3, -0.25) is 14.4 Å². The van der Waals surface area contributed by atoms with Gasteiger partial charge in [0.05, 0.1) is 34.7 Å². The standard InChI is InChI=1S/C23H18N2O6/c1-2-30-16-8-6-15(7-9-16)25-21(27)17-10-5-14(12-18(17)22(25)28)23(29)31-13-20(26)19-4-3-11-24-19/h3-12,24H,2,13H2,1H3. The Kier molecular flexibility index (Phi) is 5.36. The lowest BCUT2D eigenvalue weighted by molar-refractivity contribution is 0.0473. The van der Waals surface area contributed by atoms with E-state index in [9.17, 15) is 19.2 Å². The number of anilines is 1. The number of benzene rings is 2. The molecule has 0 fully saturated rings. The molecule has 0 atom stereocenters. The van der Waals surface area contributed by atoms with Crippen molar-refractivity contribution in [2.45, 2.75) is 6.92 Å². The number of ether oxygens (including phenoxy) is 2. The number of amides is 2. The molecule has 2 amide bonds. The van der Waals surface area contributed by atoms with Gasteiger partial charge in [-0.15, -0.1) is 0 Å². The number of H-pyrrole nitrogens is 1. The van der Waals surface area contributed by atoms with Gasteiger partial charge < -0.3 is 14.5 Å². The average molecular weight is 418 g/mol. The van der Waals surface area contributed by atoms with Gasteiger partial charge in [0, 0.05) is 6.20 Å². The van der Waals surface area contributed by atoms with Crippen LogP contribution in [-0.4, -0.2) is 41.8 Å². The summed E-state index contributed by atoms with van der Waals surface area (Å²) in [5.41, 5.74) is 1.10. The van der Waals surface area contributed by atoms with Crippen molar-refractivity contribution in [2.24, 2.45) is 0 Å². The van der Waals surface area contributed by atoms with E-state index in [1.807, 2.05) is 6.92 Å². The number of ketones is 1. The number of Topliss-reactive ketones (excluding diaryl/α,β-unsaturated/α-hetero) is 1. The van der Waals surface area contributed by atoms with Crippen molar-refractivity contribution < 1.29 is 28.7 Å². The van der Waals surface area contributed by atoms with Gasteiger partial charge in [-0.2, -0.15) is 0 Å². The molecule has 1 aromatic heterocycles. The zero-order valence-corrected chi connectivity index (χ0v) is 16.6. The second kappa shape index (κ2) is 8.27. The highest BCUT2D eigenvalue weighted by atomic mass is 16.5. The van der Waals surface area contributed by atoms with E-state index in [0.717, 1.165) is 4.90 Å². The second-order valence-corrected chi connectivity index (χ2v) is 6.72. The van der Waals surface area contributed by atoms with Crippen molar-refractivity contribution in [3.8, 4) is 5.75 Å². The van der Waals surface area contributed by atoms with Crippen LogP contribution in [0.4, 0.5) is 5.69 Å². The summed E-state index contributed by atoms with van der Waals surface area (Å²) in [5.74, 6) is -1.54. The van der Waals surface area contributed by atoms with Crippen LogP contribution >= 0.6 is 0 Å². The van der Waals surface area contributed by atoms with Crippen molar-refractivity contribution in [1.82, 2.24) is 4.98 Å². The molecule has 31 heavy (non-hydrogen) atoms. The smallest absolute Gasteiger partial charge is 0.338 e. The molecule has 8 heteroatoms. The number of imide groups is 1. The molecule has 0 unspecified atom stereocenters. The fourth-order valence-corrected chi connectivity index (χ4v) is 3.26. The van der Waals surface area contributed by atoms with Crippen molar-refractivity contribution >= 4 is 29.3 Å². The van der Waals surface area contributed by atoms with Gasteiger partial charge in [-0.1, -0.05) is 0 Å². The van der Waals surface area contributed by atoms with Gasteiger partial charge in [0.2, 0.25) is 5.78 Å². The van der Waals surface area contributed by atoms with Gasteiger partial charge in [0.25, 0.3) is 11.8 Å². The van der Waals surface area contributed by atoms with E-state index in [1.165, 1.54) is 18.2 Å². The highest BCUT2D eigenvalue weighted by Crippen LogP contribution is 2.30. The second-order valence-electron chi connectivity index (χ2n) is 6.72. The summed E-state index contributed by atoms with van der Waals surface area (Å²) in [7, 11) is 0. The Morgan fingerprint density at radius 1 is 0.968 bits per heavy atom. The van der Waals surface area contributed by atoms with Gasteiger partial charge in [-0.25, -0.2) is 9.69 Å². The molecule has 0 aliphatic carbocycles. The number of carbonyl (C=O) groups excluding carboxylic acids is 4. The van der Waals surface area contributed by atoms with Crippen LogP contribution in [0.3, 0.4) is 0 Å². The zero-order valence-electron chi connectivity index (χ0n) is 16.6. The number of hydrogen-bond donors (Lipinski definition) is 1. The first-order chi connectivity index (χ1) is 15.0. The number of carbonyl (C=O) groups is 4. The molecular weight excluding hydrogens is 400 g/mol. The maximum atomic E-state index is 12.9. The van der Waals surface area contributed by atoms with Crippen molar-refractivity contribution in [2.75, 3.05) is 18.1 Å². The van der Waals surface area contributed by atoms with Crippen molar-refractivity contribution in [3.05, 3.63) is 83.2 Å². The van der Waals surface area contributed by atoms with E-state index in [1.54, 1.807) is 42.6 Å². The number of rotatable bonds is 7. The van der Waals surface area contributed by atoms with Crippen LogP contribution in [0.2, 0.25) is 0 Å². The molecule has 1 N–H and O–H groups in total. The van der Waals surface area contributed by atoms with Gasteiger partial charge >= 0.3 is 5.97 Å². The molecule has 8 nitrogen and oxygen atoms in total. The maximum Gasteiger partial charge on any atom is 0.338 e. The molecular formula is C23H18N2O6. The average Bonchev–Trinajstić information content (AvgIpc) is 3.40. The molecule has 2 heterocycles. The van der Waals surface area contributed by atoms with Crippen LogP contribution in [0.1, 0.15) is 48.5 Å². The molecule has 1 aliphatic heterocycles. The first-order valence-electron chi connectivity index (χ1n) is 9.59. The van der Waals surface area contributed by atoms with Gasteiger partial charge in [0.1, 0.15) is 5.75 Å². The first-order valence-corrected chi connectivity index (χ1v) is 9.59. The number of aromatic amines is 1. The summed E-state index contributed by atoms with van der Waals surface area (Å²) < 4.78 is 10.4. The highest BCUT2D eigenvalue weighted by Gasteiger charge is 2.37. The monoisotopic (exact) mass is 418 g/mol. The van der Waals surface area contributed by atoms with Gasteiger partial charge in [0.15, 0.2) is 6.61 Å². The van der Waals surface area contributed by atoms with E-state index in [-0.39, 0.29) is 22.5 Å². The Morgan fingerprint density at radius 3 is 2.39 bits per heavy atom. The minimum absolute atomic E-state index is 0.0766. The molecule has 156 valence electrons. The third-order valence-corrected chi connectivity index (χ3v) is 4.76. The number of hydrogen-bond acceptors (Lipinski definition) is 6. The number of aromatic nitrogens is 1. The summed E-state index contributed by atoms with van der Waals surface area (Å²) >= 11 is 0. The predicted octanol–water partition coefficient (Wildman–Crippen LogP) is 3.25. The molecule has 3 aromatic rings. The lowest BCUT2D eigenvalue weighted by Crippen LogP contribution is -2.29. The normalized spacial score (nSPS) is 12.6. The van der Waals surface area contributed by atoms with Gasteiger partial charge in [-0.05, 0) is 61.5 Å². The van der Waals surface area contributed by atoms with E-state index in [4.69, 9.17) is 9.47 Å². The summed E-state index contributed by atoms with van der Waals surface area (Å²) in [5, 5.41) is 0. The Hall–Kier alpha value is -4.20. The van der Waals surface area contributed by atoms with E-state index in [0.29, 0.717) is 23.7 Å². The highest BCUT2D eigenvalue weighted by molar-refractivity contribution is 6.34. The fourth-order valence-electron chi connectivity index (χ4n) is 3.26. The molecule has 0 spiro atoms. The van der Waals surface area contributed by atoms with Crippen LogP contribution in [0.25, 0.3) is 0 Å². The Morgan fingerprint density at radius 2 is 1.71 bits per heavy atom. The predicted molar refractivity (Wildman–Crippen MR) is 111 cm³/mol. The van der Waals surface area contributed by atoms with E-state index in [2.05, 4.69) is 4.98 Å². The zero-order chi connectivity index (χ0) is 22.0. The fraction of sp³-hybridized carbons (Fsp3) is 0.130. The minimum atomic E-state index is -0.762. The Balaban J connectivity index is 1.51. The molecule has 1 aliphatic rings. The summed E-state index contributed by atoms with van der Waals surface area (Å²) in [6.07, 6.45) is 1.59. The Labute approximate surface area is 177 Å². The third-order valence-electron chi connectivity index (χ3n) is 4.76. The molecule has 0 saturated carbocycles. The molecule has 0 bridgehead atoms. The SMILES string of the molecule is CCOc1ccc(N2C(=O)c3ccc(C(=O)OCC(=O)c4ccc[nH]4)cc3C2=O)cc1. The van der Waals surface area contributed by atoms with E-state index < -0.39 is 24.4 Å². The van der Waals surface area contributed by atoms with Crippen LogP contribution < -0.4 is 9.64 Å². The van der Waals surface area contributed by atoms with Crippen LogP contribution in [0.5, 0.6) is 5.75 Å². The van der Waals surface area contributed by atoms with Crippen LogP contribution in [-0.2, 0) is 4.74 Å². The number of esters is 1. The quantitative estimate of drug-likeness (QED) is 0.359. The third kappa shape index (κ3) is 3.83. The first kappa shape index (κ1) is 20.1. The van der Waals surface area contributed by atoms with Crippen molar-refractivity contribution in [1.29, 1.82) is 0 Å². The lowest BCUT2D eigenvalue weighted by atomic mass is 10.1. The largest absolute Gasteiger partial charge is 0.494 e. The Bertz CT molecular complexity index is 1170. The molecule has 2 aromatic carbocycles. The summed E-state index contributed by atoms with van der Waals surface area (Å²) in [4.78, 5) is 53.7. The topological polar surface area (TPSA) is 106 Å².